The van der Waals surface area contributed by atoms with Crippen molar-refractivity contribution in [2.24, 2.45) is 0 Å². The highest BCUT2D eigenvalue weighted by molar-refractivity contribution is 5.96. The smallest absolute Gasteiger partial charge is 0.342 e. The summed E-state index contributed by atoms with van der Waals surface area (Å²) >= 11 is 0. The van der Waals surface area contributed by atoms with Gasteiger partial charge in [0.15, 0.2) is 5.82 Å². The maximum Gasteiger partial charge on any atom is 0.342 e. The number of rotatable bonds is 10. The molecule has 13 heteroatoms. The molecule has 13 nitrogen and oxygen atoms in total. The van der Waals surface area contributed by atoms with Crippen molar-refractivity contribution in [2.75, 3.05) is 6.61 Å². The first-order valence-electron chi connectivity index (χ1n) is 16.0. The number of H-pyrrole nitrogens is 2. The summed E-state index contributed by atoms with van der Waals surface area (Å²) in [6.07, 6.45) is 1.83. The van der Waals surface area contributed by atoms with Crippen molar-refractivity contribution in [3.63, 3.8) is 0 Å². The number of nitrogens with zero attached hydrogens (tertiary/aromatic N) is 5. The van der Waals surface area contributed by atoms with E-state index in [1.54, 1.807) is 6.92 Å². The molecule has 0 atom stereocenters. The van der Waals surface area contributed by atoms with Crippen LogP contribution in [-0.2, 0) is 20.9 Å². The van der Waals surface area contributed by atoms with Crippen molar-refractivity contribution in [1.29, 1.82) is 0 Å². The number of imidazole rings is 1. The van der Waals surface area contributed by atoms with Crippen LogP contribution in [0.4, 0.5) is 5.82 Å². The summed E-state index contributed by atoms with van der Waals surface area (Å²) in [5.74, 6) is -1.04. The fourth-order valence-electron chi connectivity index (χ4n) is 6.29. The lowest BCUT2D eigenvalue weighted by atomic mass is 9.98. The van der Waals surface area contributed by atoms with E-state index in [2.05, 4.69) is 33.2 Å². The highest BCUT2D eigenvalue weighted by atomic mass is 16.6. The van der Waals surface area contributed by atoms with Crippen LogP contribution in [0.5, 0.6) is 0 Å². The van der Waals surface area contributed by atoms with Crippen LogP contribution in [0.15, 0.2) is 42.6 Å². The van der Waals surface area contributed by atoms with Gasteiger partial charge in [-0.15, -0.1) is 0 Å². The minimum atomic E-state index is -0.896. The molecule has 6 heterocycles. The molecule has 0 saturated heterocycles. The Bertz CT molecular complexity index is 2250. The zero-order chi connectivity index (χ0) is 35.0. The number of hydrogen-bond acceptors (Lipinski definition) is 8. The number of hydrogen-bond donors (Lipinski definition) is 3. The van der Waals surface area contributed by atoms with Gasteiger partial charge in [-0.05, 0) is 115 Å². The number of fused-ring (bicyclic) bond motifs is 8. The highest BCUT2D eigenvalue weighted by Gasteiger charge is 2.23. The van der Waals surface area contributed by atoms with Crippen molar-refractivity contribution in [3.8, 4) is 0 Å². The molecule has 0 aromatic carbocycles. The number of carboxylic acid groups (broad SMARTS) is 1. The Kier molecular flexibility index (Phi) is 9.00. The fourth-order valence-corrected chi connectivity index (χ4v) is 6.29. The minimum Gasteiger partial charge on any atom is -0.481 e. The molecular weight excluding hydrogens is 626 g/mol. The molecule has 252 valence electrons. The third-order valence-corrected chi connectivity index (χ3v) is 9.04. The molecule has 8 bridgehead atoms. The Labute approximate surface area is 281 Å². The third-order valence-electron chi connectivity index (χ3n) is 9.04. The maximum atomic E-state index is 12.9. The van der Waals surface area contributed by atoms with Crippen molar-refractivity contribution < 1.29 is 24.4 Å². The van der Waals surface area contributed by atoms with Gasteiger partial charge in [0, 0.05) is 41.8 Å². The lowest BCUT2D eigenvalue weighted by molar-refractivity contribution is -0.392. The summed E-state index contributed by atoms with van der Waals surface area (Å²) in [6.45, 7) is 9.72. The highest BCUT2D eigenvalue weighted by Crippen LogP contribution is 2.37. The minimum absolute atomic E-state index is 0.0384. The summed E-state index contributed by atoms with van der Waals surface area (Å²) in [6, 6.07) is 12.1. The first-order valence-corrected chi connectivity index (χ1v) is 16.0. The molecule has 49 heavy (non-hydrogen) atoms. The molecule has 0 amide bonds. The molecule has 6 rings (SSSR count). The predicted molar refractivity (Wildman–Crippen MR) is 186 cm³/mol. The van der Waals surface area contributed by atoms with E-state index in [9.17, 15) is 24.8 Å². The molecule has 3 N–H and O–H groups in total. The molecule has 4 aromatic rings. The maximum absolute atomic E-state index is 12.9. The van der Waals surface area contributed by atoms with Gasteiger partial charge in [0.2, 0.25) is 0 Å². The molecule has 4 aromatic heterocycles. The normalized spacial score (nSPS) is 12.9. The molecule has 2 aliphatic rings. The van der Waals surface area contributed by atoms with Crippen molar-refractivity contribution in [2.45, 2.75) is 66.8 Å². The Morgan fingerprint density at radius 2 is 1.39 bits per heavy atom. The zero-order valence-electron chi connectivity index (χ0n) is 28.0. The molecule has 2 aliphatic heterocycles. The summed E-state index contributed by atoms with van der Waals surface area (Å²) in [5.41, 5.74) is 12.0. The van der Waals surface area contributed by atoms with Gasteiger partial charge >= 0.3 is 17.8 Å². The second kappa shape index (κ2) is 13.3. The van der Waals surface area contributed by atoms with Gasteiger partial charge < -0.3 is 29.9 Å². The lowest BCUT2D eigenvalue weighted by Crippen LogP contribution is -2.13. The summed E-state index contributed by atoms with van der Waals surface area (Å²) < 4.78 is 6.87. The average Bonchev–Trinajstić information content (AvgIpc) is 3.81. The van der Waals surface area contributed by atoms with Crippen LogP contribution in [-0.4, -0.2) is 58.1 Å². The van der Waals surface area contributed by atoms with E-state index < -0.39 is 16.9 Å². The van der Waals surface area contributed by atoms with Crippen LogP contribution in [0, 0.1) is 30.9 Å². The van der Waals surface area contributed by atoms with Crippen LogP contribution in [0.2, 0.25) is 0 Å². The molecule has 0 fully saturated rings. The summed E-state index contributed by atoms with van der Waals surface area (Å²) in [7, 11) is 0. The van der Waals surface area contributed by atoms with Gasteiger partial charge in [-0.2, -0.15) is 0 Å². The van der Waals surface area contributed by atoms with Crippen LogP contribution >= 0.6 is 0 Å². The van der Waals surface area contributed by atoms with E-state index in [4.69, 9.17) is 14.7 Å². The van der Waals surface area contributed by atoms with Crippen LogP contribution in [0.1, 0.15) is 79.3 Å². The first-order chi connectivity index (χ1) is 23.4. The number of aliphatic carboxylic acids is 1. The summed E-state index contributed by atoms with van der Waals surface area (Å²) in [5, 5.41) is 20.8. The van der Waals surface area contributed by atoms with Gasteiger partial charge in [0.25, 0.3) is 0 Å². The SMILES string of the molecule is CC1=C(CCC(=O)O)c2cc3nc(cc4cc(C)c(cc5cc(C)c(cc1n2)[nH]5)[nH]4)C(C)=C3CCC(=O)OCCn1c([N+](=O)[O-])cnc1C. The zero-order valence-corrected chi connectivity index (χ0v) is 28.0. The predicted octanol–water partition coefficient (Wildman–Crippen LogP) is 7.09. The molecule has 0 saturated carbocycles. The molecule has 0 aliphatic carbocycles. The Hall–Kier alpha value is -5.85. The van der Waals surface area contributed by atoms with E-state index in [1.165, 1.54) is 10.8 Å². The number of carboxylic acids is 1. The first kappa shape index (κ1) is 33.1. The fraction of sp³-hybridized carbons (Fsp3) is 0.306. The molecule has 0 unspecified atom stereocenters. The Balaban J connectivity index is 1.39. The number of nitro groups is 1. The number of carbonyl (C=O) groups is 2. The molecule has 0 spiro atoms. The second-order valence-electron chi connectivity index (χ2n) is 12.4. The standard InChI is InChI=1S/C36H37N7O6/c1-19-12-25-15-30-21(3)27(7-9-36(46)49-11-10-42-23(5)37-18-34(42)43(47)48)33(40-30)17-32-26(6-8-35(44)45)22(4)31(41-32)16-29-20(2)13-24(39-29)14-28(19)38-25/h12-18,38-39H,6-11H2,1-5H3,(H,44,45). The third kappa shape index (κ3) is 6.91. The van der Waals surface area contributed by atoms with E-state index in [0.717, 1.165) is 66.9 Å². The van der Waals surface area contributed by atoms with E-state index in [0.29, 0.717) is 30.1 Å². The van der Waals surface area contributed by atoms with Crippen molar-refractivity contribution in [3.05, 3.63) is 92.4 Å². The van der Waals surface area contributed by atoms with Gasteiger partial charge in [0.1, 0.15) is 19.3 Å². The number of carbonyl (C=O) groups excluding carboxylic acids is 1. The van der Waals surface area contributed by atoms with Crippen LogP contribution in [0.25, 0.3) is 44.4 Å². The number of ether oxygens (including phenoxy) is 1. The largest absolute Gasteiger partial charge is 0.481 e. The topological polar surface area (TPSA) is 182 Å². The average molecular weight is 664 g/mol. The second-order valence-corrected chi connectivity index (χ2v) is 12.4. The Morgan fingerprint density at radius 1 is 0.816 bits per heavy atom. The quantitative estimate of drug-likeness (QED) is 0.0906. The van der Waals surface area contributed by atoms with E-state index >= 15 is 0 Å². The molecule has 0 radical (unpaired) electrons. The van der Waals surface area contributed by atoms with Gasteiger partial charge in [-0.25, -0.2) is 19.5 Å². The summed E-state index contributed by atoms with van der Waals surface area (Å²) in [4.78, 5) is 56.2. The van der Waals surface area contributed by atoms with E-state index in [-0.39, 0.29) is 31.8 Å². The number of allylic oxidation sites excluding steroid dienone is 4. The van der Waals surface area contributed by atoms with Crippen LogP contribution < -0.4 is 0 Å². The Morgan fingerprint density at radius 3 is 2.00 bits per heavy atom. The van der Waals surface area contributed by atoms with Crippen molar-refractivity contribution in [1.82, 2.24) is 29.5 Å². The number of aromatic amines is 2. The van der Waals surface area contributed by atoms with Gasteiger partial charge in [0.05, 0.1) is 22.8 Å². The number of esters is 1. The lowest BCUT2D eigenvalue weighted by Gasteiger charge is -2.07. The number of aromatic nitrogens is 6. The van der Waals surface area contributed by atoms with Gasteiger partial charge in [-0.1, -0.05) is 0 Å². The van der Waals surface area contributed by atoms with E-state index in [1.807, 2.05) is 45.9 Å². The van der Waals surface area contributed by atoms with Gasteiger partial charge in [-0.3, -0.25) is 9.59 Å². The monoisotopic (exact) mass is 663 g/mol. The number of nitrogens with one attached hydrogen (secondary N) is 2. The molecular formula is C36H37N7O6. The van der Waals surface area contributed by atoms with Crippen molar-refractivity contribution >= 4 is 62.1 Å². The number of aryl methyl sites for hydroxylation is 3. The van der Waals surface area contributed by atoms with Crippen LogP contribution in [0.3, 0.4) is 0 Å².